The van der Waals surface area contributed by atoms with Crippen molar-refractivity contribution in [3.8, 4) is 0 Å². The molecule has 3 aromatic rings. The van der Waals surface area contributed by atoms with Crippen LogP contribution in [0.15, 0.2) is 34.8 Å². The van der Waals surface area contributed by atoms with Crippen molar-refractivity contribution in [2.24, 2.45) is 0 Å². The van der Waals surface area contributed by atoms with Gasteiger partial charge in [0.15, 0.2) is 0 Å². The fourth-order valence-corrected chi connectivity index (χ4v) is 4.20. The first-order valence-electron chi connectivity index (χ1n) is 9.32. The molecule has 5 nitrogen and oxygen atoms in total. The molecule has 4 rings (SSSR count). The molecule has 158 valence electrons. The zero-order chi connectivity index (χ0) is 19.3. The molecule has 1 N–H and O–H groups in total. The first-order chi connectivity index (χ1) is 12.7. The van der Waals surface area contributed by atoms with E-state index in [1.54, 1.807) is 0 Å². The van der Waals surface area contributed by atoms with Crippen molar-refractivity contribution in [2.45, 2.75) is 58.2 Å². The van der Waals surface area contributed by atoms with Gasteiger partial charge in [0.2, 0.25) is 0 Å². The Balaban J connectivity index is 0.00000150. The normalized spacial score (nSPS) is 19.1. The van der Waals surface area contributed by atoms with Gasteiger partial charge >= 0.3 is 6.09 Å². The van der Waals surface area contributed by atoms with Crippen LogP contribution in [0, 0.1) is 0 Å². The number of H-pyrrole nitrogens is 1. The summed E-state index contributed by atoms with van der Waals surface area (Å²) in [5, 5.41) is 2.24. The third-order valence-electron chi connectivity index (χ3n) is 5.04. The number of aromatic nitrogens is 2. The molecule has 29 heavy (non-hydrogen) atoms. The van der Waals surface area contributed by atoms with Gasteiger partial charge in [-0.1, -0.05) is 28.1 Å². The van der Waals surface area contributed by atoms with Crippen LogP contribution in [0.2, 0.25) is 0 Å². The van der Waals surface area contributed by atoms with Gasteiger partial charge in [-0.15, -0.1) is 0 Å². The van der Waals surface area contributed by atoms with Crippen LogP contribution in [0.1, 0.15) is 52.4 Å². The van der Waals surface area contributed by atoms with E-state index >= 15 is 0 Å². The van der Waals surface area contributed by atoms with Crippen LogP contribution in [-0.2, 0) is 4.74 Å². The molecule has 1 saturated heterocycles. The van der Waals surface area contributed by atoms with Crippen molar-refractivity contribution in [1.82, 2.24) is 14.9 Å². The molecular formula is C21H28BrN3O2S2. The summed E-state index contributed by atoms with van der Waals surface area (Å²) in [5.41, 5.74) is 1.42. The van der Waals surface area contributed by atoms with Gasteiger partial charge in [0.25, 0.3) is 0 Å². The number of aromatic amines is 1. The van der Waals surface area contributed by atoms with E-state index in [0.29, 0.717) is 0 Å². The SMILES string of the molecule is C[C@H]1CC[C@@H](c2nc3c(ccc4cc(Br)ccc43)[nH]2)N1C(=O)OC(C)(C)C.S.S. The van der Waals surface area contributed by atoms with Gasteiger partial charge in [0.1, 0.15) is 11.4 Å². The summed E-state index contributed by atoms with van der Waals surface area (Å²) in [6, 6.07) is 10.4. The number of nitrogens with one attached hydrogen (secondary N) is 1. The first-order valence-corrected chi connectivity index (χ1v) is 10.1. The lowest BCUT2D eigenvalue weighted by molar-refractivity contribution is 0.0152. The molecule has 1 aromatic heterocycles. The number of halogens is 1. The molecule has 8 heteroatoms. The molecule has 2 heterocycles. The summed E-state index contributed by atoms with van der Waals surface area (Å²) < 4.78 is 6.69. The maximum atomic E-state index is 12.8. The predicted octanol–water partition coefficient (Wildman–Crippen LogP) is 6.16. The number of nitrogens with zero attached hydrogens (tertiary/aromatic N) is 2. The first kappa shape index (κ1) is 23.9. The zero-order valence-electron chi connectivity index (χ0n) is 17.0. The largest absolute Gasteiger partial charge is 0.444 e. The quantitative estimate of drug-likeness (QED) is 0.437. The van der Waals surface area contributed by atoms with Crippen LogP contribution in [0.4, 0.5) is 4.79 Å². The van der Waals surface area contributed by atoms with Gasteiger partial charge in [0.05, 0.1) is 17.1 Å². The standard InChI is InChI=1S/C21H24BrN3O2.2H2S/c1-12-5-10-17(25(12)20(26)27-21(2,3)4)19-23-16-9-6-13-11-14(22)7-8-15(13)18(16)24-19;;/h6-9,11-12,17H,5,10H2,1-4H3,(H,23,24);2*1H2/t12-,17-;;/m0../s1. The Bertz CT molecular complexity index is 1030. The highest BCUT2D eigenvalue weighted by Crippen LogP contribution is 2.37. The van der Waals surface area contributed by atoms with Crippen molar-refractivity contribution >= 4 is 70.8 Å². The van der Waals surface area contributed by atoms with E-state index in [1.807, 2.05) is 31.7 Å². The van der Waals surface area contributed by atoms with E-state index < -0.39 is 5.60 Å². The van der Waals surface area contributed by atoms with Crippen LogP contribution >= 0.6 is 42.9 Å². The Morgan fingerprint density at radius 2 is 1.93 bits per heavy atom. The second kappa shape index (κ2) is 8.78. The number of carbonyl (C=O) groups is 1. The highest BCUT2D eigenvalue weighted by Gasteiger charge is 2.39. The third-order valence-corrected chi connectivity index (χ3v) is 5.53. The molecule has 1 aliphatic heterocycles. The van der Waals surface area contributed by atoms with E-state index in [-0.39, 0.29) is 45.2 Å². The molecular weight excluding hydrogens is 470 g/mol. The average Bonchev–Trinajstić information content (AvgIpc) is 3.16. The smallest absolute Gasteiger partial charge is 0.411 e. The summed E-state index contributed by atoms with van der Waals surface area (Å²) in [7, 11) is 0. The van der Waals surface area contributed by atoms with Crippen molar-refractivity contribution in [1.29, 1.82) is 0 Å². The van der Waals surface area contributed by atoms with E-state index in [9.17, 15) is 4.79 Å². The van der Waals surface area contributed by atoms with Crippen molar-refractivity contribution < 1.29 is 9.53 Å². The number of carbonyl (C=O) groups excluding carboxylic acids is 1. The van der Waals surface area contributed by atoms with Crippen LogP contribution in [-0.4, -0.2) is 32.6 Å². The topological polar surface area (TPSA) is 58.2 Å². The minimum Gasteiger partial charge on any atom is -0.444 e. The third kappa shape index (κ3) is 4.70. The molecule has 2 aromatic carbocycles. The average molecular weight is 499 g/mol. The molecule has 0 saturated carbocycles. The van der Waals surface area contributed by atoms with E-state index in [0.717, 1.165) is 44.9 Å². The van der Waals surface area contributed by atoms with Crippen LogP contribution < -0.4 is 0 Å². The Hall–Kier alpha value is -1.38. The zero-order valence-corrected chi connectivity index (χ0v) is 20.6. The number of hydrogen-bond donors (Lipinski definition) is 1. The Labute approximate surface area is 193 Å². The second-order valence-corrected chi connectivity index (χ2v) is 9.19. The predicted molar refractivity (Wildman–Crippen MR) is 132 cm³/mol. The number of hydrogen-bond acceptors (Lipinski definition) is 3. The van der Waals surface area contributed by atoms with Crippen LogP contribution in [0.25, 0.3) is 21.8 Å². The molecule has 2 atom stereocenters. The van der Waals surface area contributed by atoms with Gasteiger partial charge in [-0.05, 0) is 64.1 Å². The van der Waals surface area contributed by atoms with Crippen molar-refractivity contribution in [3.05, 3.63) is 40.6 Å². The summed E-state index contributed by atoms with van der Waals surface area (Å²) in [6.45, 7) is 7.75. The molecule has 0 aliphatic carbocycles. The molecule has 0 spiro atoms. The minimum absolute atomic E-state index is 0. The fraction of sp³-hybridized carbons (Fsp3) is 0.429. The van der Waals surface area contributed by atoms with E-state index in [4.69, 9.17) is 9.72 Å². The van der Waals surface area contributed by atoms with Gasteiger partial charge in [-0.2, -0.15) is 27.0 Å². The molecule has 1 amide bonds. The van der Waals surface area contributed by atoms with Crippen molar-refractivity contribution in [2.75, 3.05) is 0 Å². The highest BCUT2D eigenvalue weighted by atomic mass is 79.9. The lowest BCUT2D eigenvalue weighted by atomic mass is 10.1. The summed E-state index contributed by atoms with van der Waals surface area (Å²) in [4.78, 5) is 22.9. The lowest BCUT2D eigenvalue weighted by Crippen LogP contribution is -2.40. The number of amides is 1. The number of rotatable bonds is 1. The molecule has 0 radical (unpaired) electrons. The Morgan fingerprint density at radius 1 is 1.21 bits per heavy atom. The number of likely N-dealkylation sites (tertiary alicyclic amines) is 1. The second-order valence-electron chi connectivity index (χ2n) is 8.28. The number of imidazole rings is 1. The molecule has 0 unspecified atom stereocenters. The summed E-state index contributed by atoms with van der Waals surface area (Å²) >= 11 is 3.52. The van der Waals surface area contributed by atoms with E-state index in [2.05, 4.69) is 52.1 Å². The van der Waals surface area contributed by atoms with Crippen LogP contribution in [0.3, 0.4) is 0 Å². The van der Waals surface area contributed by atoms with Gasteiger partial charge in [0, 0.05) is 15.9 Å². The minimum atomic E-state index is -0.512. The van der Waals surface area contributed by atoms with Crippen molar-refractivity contribution in [3.63, 3.8) is 0 Å². The number of ether oxygens (including phenoxy) is 1. The van der Waals surface area contributed by atoms with Gasteiger partial charge in [-0.25, -0.2) is 9.78 Å². The highest BCUT2D eigenvalue weighted by molar-refractivity contribution is 9.10. The molecule has 1 fully saturated rings. The maximum absolute atomic E-state index is 12.8. The monoisotopic (exact) mass is 497 g/mol. The Morgan fingerprint density at radius 3 is 2.62 bits per heavy atom. The number of fused-ring (bicyclic) bond motifs is 3. The van der Waals surface area contributed by atoms with E-state index in [1.165, 1.54) is 0 Å². The molecule has 0 bridgehead atoms. The van der Waals surface area contributed by atoms with Crippen LogP contribution in [0.5, 0.6) is 0 Å². The molecule has 1 aliphatic rings. The lowest BCUT2D eigenvalue weighted by Gasteiger charge is -2.30. The summed E-state index contributed by atoms with van der Waals surface area (Å²) in [5.74, 6) is 0.829. The Kier molecular flexibility index (Phi) is 7.23. The van der Waals surface area contributed by atoms with Gasteiger partial charge < -0.3 is 9.72 Å². The summed E-state index contributed by atoms with van der Waals surface area (Å²) in [6.07, 6.45) is 1.55. The fourth-order valence-electron chi connectivity index (χ4n) is 3.82. The van der Waals surface area contributed by atoms with Gasteiger partial charge in [-0.3, -0.25) is 4.90 Å². The number of benzene rings is 2. The maximum Gasteiger partial charge on any atom is 0.411 e.